The molecule has 106 valence electrons. The van der Waals surface area contributed by atoms with Gasteiger partial charge >= 0.3 is 6.36 Å². The first-order valence-electron chi connectivity index (χ1n) is 5.72. The number of nitrogens with one attached hydrogen (secondary N) is 1. The first-order chi connectivity index (χ1) is 8.75. The van der Waals surface area contributed by atoms with Crippen LogP contribution >= 0.6 is 0 Å². The molecule has 19 heavy (non-hydrogen) atoms. The van der Waals surface area contributed by atoms with E-state index in [1.807, 2.05) is 0 Å². The lowest BCUT2D eigenvalue weighted by Crippen LogP contribution is -2.38. The van der Waals surface area contributed by atoms with Gasteiger partial charge in [-0.15, -0.1) is 13.2 Å². The van der Waals surface area contributed by atoms with Gasteiger partial charge in [0.05, 0.1) is 0 Å². The highest BCUT2D eigenvalue weighted by Gasteiger charge is 2.36. The van der Waals surface area contributed by atoms with Crippen LogP contribution in [0, 0.1) is 0 Å². The topological polar surface area (TPSA) is 21.3 Å². The van der Waals surface area contributed by atoms with Crippen LogP contribution in [0.2, 0.25) is 0 Å². The molecule has 0 radical (unpaired) electrons. The molecule has 0 amide bonds. The van der Waals surface area contributed by atoms with E-state index in [4.69, 9.17) is 0 Å². The molecule has 2 rings (SSSR count). The van der Waals surface area contributed by atoms with Crippen LogP contribution in [0.3, 0.4) is 0 Å². The lowest BCUT2D eigenvalue weighted by molar-refractivity contribution is -0.274. The summed E-state index contributed by atoms with van der Waals surface area (Å²) in [6, 6.07) is 4.41. The summed E-state index contributed by atoms with van der Waals surface area (Å²) in [6.45, 7) is 0.179. The minimum absolute atomic E-state index is 0.179. The Kier molecular flexibility index (Phi) is 3.66. The van der Waals surface area contributed by atoms with E-state index in [0.29, 0.717) is 5.56 Å². The minimum Gasteiger partial charge on any atom is -0.406 e. The van der Waals surface area contributed by atoms with E-state index >= 15 is 0 Å². The SMILES string of the molecule is FC1(F)CCN[C@@H](c2ccc(OC(F)(F)F)cc2)C1. The zero-order valence-electron chi connectivity index (χ0n) is 9.81. The second-order valence-corrected chi connectivity index (χ2v) is 4.43. The zero-order chi connectivity index (χ0) is 14.1. The summed E-state index contributed by atoms with van der Waals surface area (Å²) < 4.78 is 66.1. The van der Waals surface area contributed by atoms with Crippen molar-refractivity contribution in [1.82, 2.24) is 5.32 Å². The quantitative estimate of drug-likeness (QED) is 0.836. The van der Waals surface area contributed by atoms with E-state index < -0.39 is 18.3 Å². The van der Waals surface area contributed by atoms with E-state index in [-0.39, 0.29) is 25.1 Å². The van der Waals surface area contributed by atoms with E-state index in [2.05, 4.69) is 10.1 Å². The Labute approximate surface area is 106 Å². The van der Waals surface area contributed by atoms with Crippen molar-refractivity contribution in [2.24, 2.45) is 0 Å². The predicted octanol–water partition coefficient (Wildman–Crippen LogP) is 3.65. The van der Waals surface area contributed by atoms with Crippen molar-refractivity contribution in [2.75, 3.05) is 6.54 Å². The van der Waals surface area contributed by atoms with Crippen molar-refractivity contribution in [3.8, 4) is 5.75 Å². The fourth-order valence-electron chi connectivity index (χ4n) is 2.04. The molecule has 0 spiro atoms. The number of benzene rings is 1. The number of ether oxygens (including phenoxy) is 1. The Morgan fingerprint density at radius 2 is 1.79 bits per heavy atom. The van der Waals surface area contributed by atoms with Gasteiger partial charge in [0.25, 0.3) is 5.92 Å². The average Bonchev–Trinajstić information content (AvgIpc) is 2.26. The van der Waals surface area contributed by atoms with Crippen molar-refractivity contribution >= 4 is 0 Å². The number of hydrogen-bond acceptors (Lipinski definition) is 2. The molecular weight excluding hydrogens is 269 g/mol. The molecule has 1 saturated heterocycles. The van der Waals surface area contributed by atoms with E-state index in [1.54, 1.807) is 0 Å². The van der Waals surface area contributed by atoms with Crippen molar-refractivity contribution in [2.45, 2.75) is 31.2 Å². The summed E-state index contributed by atoms with van der Waals surface area (Å²) in [5.74, 6) is -3.10. The van der Waals surface area contributed by atoms with Crippen LogP contribution < -0.4 is 10.1 Å². The molecule has 1 N–H and O–H groups in total. The summed E-state index contributed by atoms with van der Waals surface area (Å²) in [7, 11) is 0. The Morgan fingerprint density at radius 1 is 1.16 bits per heavy atom. The van der Waals surface area contributed by atoms with Crippen molar-refractivity contribution in [3.63, 3.8) is 0 Å². The summed E-state index contributed by atoms with van der Waals surface area (Å²) >= 11 is 0. The van der Waals surface area contributed by atoms with Crippen LogP contribution in [0.4, 0.5) is 22.0 Å². The normalized spacial score (nSPS) is 23.1. The highest BCUT2D eigenvalue weighted by Crippen LogP contribution is 2.35. The van der Waals surface area contributed by atoms with Gasteiger partial charge in [-0.05, 0) is 17.7 Å². The Balaban J connectivity index is 2.06. The first-order valence-corrected chi connectivity index (χ1v) is 5.72. The minimum atomic E-state index is -4.75. The van der Waals surface area contributed by atoms with Gasteiger partial charge in [0, 0.05) is 25.4 Å². The van der Waals surface area contributed by atoms with Gasteiger partial charge in [0.15, 0.2) is 0 Å². The Bertz CT molecular complexity index is 429. The molecule has 0 aliphatic carbocycles. The highest BCUT2D eigenvalue weighted by molar-refractivity contribution is 5.29. The largest absolute Gasteiger partial charge is 0.573 e. The molecule has 0 unspecified atom stereocenters. The predicted molar refractivity (Wildman–Crippen MR) is 58.0 cm³/mol. The van der Waals surface area contributed by atoms with Gasteiger partial charge in [-0.3, -0.25) is 0 Å². The van der Waals surface area contributed by atoms with E-state index in [9.17, 15) is 22.0 Å². The third-order valence-corrected chi connectivity index (χ3v) is 2.90. The highest BCUT2D eigenvalue weighted by atomic mass is 19.4. The molecule has 1 fully saturated rings. The van der Waals surface area contributed by atoms with E-state index in [0.717, 1.165) is 12.1 Å². The summed E-state index contributed by atoms with van der Waals surface area (Å²) in [4.78, 5) is 0. The maximum Gasteiger partial charge on any atom is 0.573 e. The fourth-order valence-corrected chi connectivity index (χ4v) is 2.04. The molecule has 0 aromatic heterocycles. The van der Waals surface area contributed by atoms with Crippen molar-refractivity contribution < 1.29 is 26.7 Å². The molecular formula is C12H12F5NO. The number of rotatable bonds is 2. The van der Waals surface area contributed by atoms with Crippen LogP contribution in [0.1, 0.15) is 24.4 Å². The summed E-state index contributed by atoms with van der Waals surface area (Å²) in [5, 5.41) is 2.92. The van der Waals surface area contributed by atoms with Crippen LogP contribution in [-0.2, 0) is 0 Å². The van der Waals surface area contributed by atoms with Gasteiger partial charge in [-0.25, -0.2) is 8.78 Å². The molecule has 1 heterocycles. The van der Waals surface area contributed by atoms with Gasteiger partial charge < -0.3 is 10.1 Å². The van der Waals surface area contributed by atoms with Gasteiger partial charge in [0.1, 0.15) is 5.75 Å². The number of hydrogen-bond donors (Lipinski definition) is 1. The van der Waals surface area contributed by atoms with Gasteiger partial charge in [-0.1, -0.05) is 12.1 Å². The second-order valence-electron chi connectivity index (χ2n) is 4.43. The Morgan fingerprint density at radius 3 is 2.32 bits per heavy atom. The van der Waals surface area contributed by atoms with Gasteiger partial charge in [-0.2, -0.15) is 0 Å². The smallest absolute Gasteiger partial charge is 0.406 e. The second kappa shape index (κ2) is 4.96. The molecule has 2 nitrogen and oxygen atoms in total. The molecule has 7 heteroatoms. The maximum absolute atomic E-state index is 13.2. The molecule has 1 atom stereocenters. The molecule has 0 bridgehead atoms. The van der Waals surface area contributed by atoms with Crippen LogP contribution in [-0.4, -0.2) is 18.8 Å². The molecule has 1 aromatic rings. The molecule has 0 saturated carbocycles. The number of halogens is 5. The number of piperidine rings is 1. The summed E-state index contributed by atoms with van der Waals surface area (Å²) in [5.41, 5.74) is 0.522. The molecule has 1 aliphatic rings. The Hall–Kier alpha value is -1.37. The number of alkyl halides is 5. The fraction of sp³-hybridized carbons (Fsp3) is 0.500. The van der Waals surface area contributed by atoms with Gasteiger partial charge in [0.2, 0.25) is 0 Å². The zero-order valence-corrected chi connectivity index (χ0v) is 9.81. The van der Waals surface area contributed by atoms with E-state index in [1.165, 1.54) is 12.1 Å². The lowest BCUT2D eigenvalue weighted by Gasteiger charge is -2.30. The lowest BCUT2D eigenvalue weighted by atomic mass is 9.95. The van der Waals surface area contributed by atoms with Crippen LogP contribution in [0.5, 0.6) is 5.75 Å². The molecule has 1 aromatic carbocycles. The standard InChI is InChI=1S/C12H12F5NO/c13-11(14)5-6-18-10(7-11)8-1-3-9(4-2-8)19-12(15,16)17/h1-4,10,18H,5-7H2/t10-/m1/s1. The summed E-state index contributed by atoms with van der Waals surface area (Å²) in [6.07, 6.45) is -5.33. The molecule has 1 aliphatic heterocycles. The van der Waals surface area contributed by atoms with Crippen LogP contribution in [0.15, 0.2) is 24.3 Å². The first kappa shape index (κ1) is 14.0. The monoisotopic (exact) mass is 281 g/mol. The van der Waals surface area contributed by atoms with Crippen molar-refractivity contribution in [3.05, 3.63) is 29.8 Å². The van der Waals surface area contributed by atoms with Crippen molar-refractivity contribution in [1.29, 1.82) is 0 Å². The third kappa shape index (κ3) is 4.05. The van der Waals surface area contributed by atoms with Crippen LogP contribution in [0.25, 0.3) is 0 Å². The average molecular weight is 281 g/mol. The maximum atomic E-state index is 13.2. The third-order valence-electron chi connectivity index (χ3n) is 2.90.